The first-order valence-corrected chi connectivity index (χ1v) is 9.74. The molecule has 0 bridgehead atoms. The number of carbonyl (C=O) groups is 2. The van der Waals surface area contributed by atoms with Gasteiger partial charge in [0, 0.05) is 11.3 Å². The molecule has 0 aliphatic rings. The molecule has 0 spiro atoms. The van der Waals surface area contributed by atoms with Gasteiger partial charge in [-0.3, -0.25) is 9.59 Å². The van der Waals surface area contributed by atoms with Crippen molar-refractivity contribution in [3.63, 3.8) is 0 Å². The highest BCUT2D eigenvalue weighted by atomic mass is 35.5. The van der Waals surface area contributed by atoms with Crippen LogP contribution < -0.4 is 15.8 Å². The number of ether oxygens (including phenoxy) is 1. The van der Waals surface area contributed by atoms with E-state index in [0.29, 0.717) is 5.02 Å². The first-order valence-electron chi connectivity index (χ1n) is 7.09. The fourth-order valence-corrected chi connectivity index (χ4v) is 2.97. The van der Waals surface area contributed by atoms with Gasteiger partial charge in [-0.2, -0.15) is 0 Å². The zero-order chi connectivity index (χ0) is 19.5. The number of sulfone groups is 1. The molecule has 0 aliphatic carbocycles. The molecule has 0 aromatic heterocycles. The van der Waals surface area contributed by atoms with Crippen molar-refractivity contribution in [3.05, 3.63) is 52.0 Å². The summed E-state index contributed by atoms with van der Waals surface area (Å²) in [4.78, 5) is 23.5. The molecule has 2 rings (SSSR count). The lowest BCUT2D eigenvalue weighted by molar-refractivity contribution is -0.118. The number of amides is 2. The smallest absolute Gasteiger partial charge is 0.262 e. The third-order valence-electron chi connectivity index (χ3n) is 3.21. The standard InChI is InChI=1S/C16H14Cl2N2O5S/c1-26(23,24)10-3-4-12(18)13(7-10)20-15(21)8-25-14-5-2-9(17)6-11(14)16(19)22/h2-7H,8H2,1H3,(H2,19,22)(H,20,21). The van der Waals surface area contributed by atoms with E-state index in [-0.39, 0.29) is 26.9 Å². The lowest BCUT2D eigenvalue weighted by Gasteiger charge is -2.11. The van der Waals surface area contributed by atoms with E-state index >= 15 is 0 Å². The lowest BCUT2D eigenvalue weighted by atomic mass is 10.2. The third kappa shape index (κ3) is 5.10. The maximum absolute atomic E-state index is 12.1. The van der Waals surface area contributed by atoms with Crippen LogP contribution in [0, 0.1) is 0 Å². The van der Waals surface area contributed by atoms with Crippen molar-refractivity contribution >= 4 is 50.5 Å². The van der Waals surface area contributed by atoms with E-state index < -0.39 is 28.3 Å². The van der Waals surface area contributed by atoms with Gasteiger partial charge < -0.3 is 15.8 Å². The van der Waals surface area contributed by atoms with E-state index in [2.05, 4.69) is 5.32 Å². The second-order valence-corrected chi connectivity index (χ2v) is 8.11. The van der Waals surface area contributed by atoms with Gasteiger partial charge in [-0.05, 0) is 36.4 Å². The van der Waals surface area contributed by atoms with Crippen LogP contribution in [0.2, 0.25) is 10.0 Å². The fourth-order valence-electron chi connectivity index (χ4n) is 1.98. The number of nitrogens with one attached hydrogen (secondary N) is 1. The number of halogens is 2. The van der Waals surface area contributed by atoms with Crippen molar-refractivity contribution in [1.82, 2.24) is 0 Å². The summed E-state index contributed by atoms with van der Waals surface area (Å²) in [7, 11) is -3.46. The largest absolute Gasteiger partial charge is 0.483 e. The van der Waals surface area contributed by atoms with Crippen LogP contribution in [-0.2, 0) is 14.6 Å². The molecule has 2 aromatic rings. The predicted molar refractivity (Wildman–Crippen MR) is 98.7 cm³/mol. The van der Waals surface area contributed by atoms with E-state index in [0.717, 1.165) is 6.26 Å². The number of hydrogen-bond acceptors (Lipinski definition) is 5. The average Bonchev–Trinajstić information content (AvgIpc) is 2.54. The van der Waals surface area contributed by atoms with Crippen molar-refractivity contribution in [2.24, 2.45) is 5.73 Å². The molecule has 2 aromatic carbocycles. The Morgan fingerprint density at radius 3 is 2.46 bits per heavy atom. The Kier molecular flexibility index (Phi) is 6.12. The third-order valence-corrected chi connectivity index (χ3v) is 4.88. The molecule has 2 amide bonds. The van der Waals surface area contributed by atoms with Gasteiger partial charge in [0.05, 0.1) is 21.2 Å². The molecule has 0 saturated carbocycles. The van der Waals surface area contributed by atoms with Crippen LogP contribution >= 0.6 is 23.2 Å². The van der Waals surface area contributed by atoms with E-state index in [1.807, 2.05) is 0 Å². The molecule has 0 unspecified atom stereocenters. The molecule has 0 atom stereocenters. The highest BCUT2D eigenvalue weighted by Crippen LogP contribution is 2.26. The Hall–Kier alpha value is -2.29. The number of carbonyl (C=O) groups excluding carboxylic acids is 2. The molecule has 26 heavy (non-hydrogen) atoms. The maximum Gasteiger partial charge on any atom is 0.262 e. The van der Waals surface area contributed by atoms with Crippen LogP contribution in [-0.4, -0.2) is 33.1 Å². The Bertz CT molecular complexity index is 977. The minimum Gasteiger partial charge on any atom is -0.483 e. The Morgan fingerprint density at radius 2 is 1.85 bits per heavy atom. The van der Waals surface area contributed by atoms with E-state index in [1.165, 1.54) is 36.4 Å². The number of hydrogen-bond donors (Lipinski definition) is 2. The van der Waals surface area contributed by atoms with Gasteiger partial charge in [-0.1, -0.05) is 23.2 Å². The Morgan fingerprint density at radius 1 is 1.15 bits per heavy atom. The number of benzene rings is 2. The summed E-state index contributed by atoms with van der Waals surface area (Å²) >= 11 is 11.8. The molecular weight excluding hydrogens is 403 g/mol. The quantitative estimate of drug-likeness (QED) is 0.750. The molecule has 0 fully saturated rings. The zero-order valence-electron chi connectivity index (χ0n) is 13.5. The summed E-state index contributed by atoms with van der Waals surface area (Å²) in [6, 6.07) is 8.15. The van der Waals surface area contributed by atoms with Crippen molar-refractivity contribution < 1.29 is 22.7 Å². The molecule has 0 aliphatic heterocycles. The summed E-state index contributed by atoms with van der Waals surface area (Å²) in [5, 5.41) is 2.90. The van der Waals surface area contributed by atoms with Crippen molar-refractivity contribution in [2.75, 3.05) is 18.2 Å². The second kappa shape index (κ2) is 7.94. The summed E-state index contributed by atoms with van der Waals surface area (Å²) in [5.41, 5.74) is 5.39. The second-order valence-electron chi connectivity index (χ2n) is 5.26. The fraction of sp³-hybridized carbons (Fsp3) is 0.125. The highest BCUT2D eigenvalue weighted by molar-refractivity contribution is 7.90. The summed E-state index contributed by atoms with van der Waals surface area (Å²) < 4.78 is 28.5. The molecule has 0 radical (unpaired) electrons. The average molecular weight is 417 g/mol. The van der Waals surface area contributed by atoms with Gasteiger partial charge in [0.25, 0.3) is 11.8 Å². The minimum absolute atomic E-state index is 0.00633. The first kappa shape index (κ1) is 20.0. The van der Waals surface area contributed by atoms with E-state index in [4.69, 9.17) is 33.7 Å². The predicted octanol–water partition coefficient (Wildman–Crippen LogP) is 2.51. The molecule has 10 heteroatoms. The number of primary amides is 1. The SMILES string of the molecule is CS(=O)(=O)c1ccc(Cl)c(NC(=O)COc2ccc(Cl)cc2C(N)=O)c1. The number of anilines is 1. The van der Waals surface area contributed by atoms with Gasteiger partial charge in [0.1, 0.15) is 5.75 Å². The van der Waals surface area contributed by atoms with Crippen LogP contribution in [0.5, 0.6) is 5.75 Å². The van der Waals surface area contributed by atoms with Gasteiger partial charge >= 0.3 is 0 Å². The van der Waals surface area contributed by atoms with Gasteiger partial charge in [-0.25, -0.2) is 8.42 Å². The highest BCUT2D eigenvalue weighted by Gasteiger charge is 2.15. The van der Waals surface area contributed by atoms with Crippen LogP contribution in [0.15, 0.2) is 41.3 Å². The van der Waals surface area contributed by atoms with Crippen molar-refractivity contribution in [3.8, 4) is 5.75 Å². The Balaban J connectivity index is 2.12. The molecule has 0 saturated heterocycles. The molecule has 0 heterocycles. The summed E-state index contributed by atoms with van der Waals surface area (Å²) in [6.45, 7) is -0.457. The summed E-state index contributed by atoms with van der Waals surface area (Å²) in [5.74, 6) is -1.28. The van der Waals surface area contributed by atoms with Crippen LogP contribution in [0.1, 0.15) is 10.4 Å². The van der Waals surface area contributed by atoms with E-state index in [9.17, 15) is 18.0 Å². The normalized spacial score (nSPS) is 11.0. The number of rotatable bonds is 6. The maximum atomic E-state index is 12.1. The van der Waals surface area contributed by atoms with E-state index in [1.54, 1.807) is 0 Å². The molecule has 7 nitrogen and oxygen atoms in total. The van der Waals surface area contributed by atoms with Crippen molar-refractivity contribution in [1.29, 1.82) is 0 Å². The van der Waals surface area contributed by atoms with Gasteiger partial charge in [-0.15, -0.1) is 0 Å². The van der Waals surface area contributed by atoms with Gasteiger partial charge in [0.2, 0.25) is 0 Å². The van der Waals surface area contributed by atoms with Crippen LogP contribution in [0.4, 0.5) is 5.69 Å². The Labute approximate surface area is 160 Å². The lowest BCUT2D eigenvalue weighted by Crippen LogP contribution is -2.22. The topological polar surface area (TPSA) is 116 Å². The van der Waals surface area contributed by atoms with Gasteiger partial charge in [0.15, 0.2) is 16.4 Å². The number of nitrogens with two attached hydrogens (primary N) is 1. The first-order chi connectivity index (χ1) is 12.1. The summed E-state index contributed by atoms with van der Waals surface area (Å²) in [6.07, 6.45) is 1.04. The van der Waals surface area contributed by atoms with Crippen molar-refractivity contribution in [2.45, 2.75) is 4.90 Å². The molecule has 138 valence electrons. The molecule has 3 N–H and O–H groups in total. The van der Waals surface area contributed by atoms with Crippen LogP contribution in [0.25, 0.3) is 0 Å². The monoisotopic (exact) mass is 416 g/mol. The minimum atomic E-state index is -3.46. The zero-order valence-corrected chi connectivity index (χ0v) is 15.8. The van der Waals surface area contributed by atoms with Crippen LogP contribution in [0.3, 0.4) is 0 Å². The molecular formula is C16H14Cl2N2O5S.